The first-order valence-electron chi connectivity index (χ1n) is 22.8. The summed E-state index contributed by atoms with van der Waals surface area (Å²) in [6.45, 7) is 18.7. The quantitative estimate of drug-likeness (QED) is 0.234. The number of Topliss-reactive ketones (excluding diaryl/α,β-unsaturated/α-hetero) is 2. The van der Waals surface area contributed by atoms with E-state index in [9.17, 15) is 14.7 Å². The number of carbonyl (C=O) groups excluding carboxylic acids is 2. The lowest BCUT2D eigenvalue weighted by Crippen LogP contribution is -2.63. The van der Waals surface area contributed by atoms with Gasteiger partial charge in [0.05, 0.1) is 24.4 Å². The minimum absolute atomic E-state index is 0.00622. The lowest BCUT2D eigenvalue weighted by Gasteiger charge is -2.62. The van der Waals surface area contributed by atoms with Crippen molar-refractivity contribution in [2.75, 3.05) is 28.1 Å². The number of ketones is 2. The number of hydrogen-bond donors (Lipinski definition) is 1. The molecular formula is C48H80O7. The average Bonchev–Trinajstić information content (AvgIpc) is 4.09. The van der Waals surface area contributed by atoms with Crippen molar-refractivity contribution in [3.8, 4) is 0 Å². The van der Waals surface area contributed by atoms with Crippen LogP contribution >= 0.6 is 0 Å². The number of aliphatic hydroxyl groups is 1. The molecule has 8 saturated carbocycles. The van der Waals surface area contributed by atoms with Crippen LogP contribution in [-0.4, -0.2) is 69.2 Å². The number of methoxy groups -OCH3 is 3. The standard InChI is InChI=1S/C25H42O4.C23H38O3/c1-16-9-11-25-12-10-19(28-6)21(25)24(16,4)20(29-15-27-5)14-23(3,13-18-7-8-18)22(26)17(25)2;1-14-8-10-23-11-9-17(26-5)19(23)22(14,4)18(24)13-21(3,12-16-6-7-16)20(25)15(23)2/h16-21H,7-15H2,1-6H3;14-19,24H,6-13H2,1-5H3/t16-,17+,19-,20-,21?,23-,24+,25?;14-,15+,17-,18-,19?,21-,22+,23?/m11/s1. The van der Waals surface area contributed by atoms with Gasteiger partial charge in [0.15, 0.2) is 0 Å². The minimum atomic E-state index is -0.418. The van der Waals surface area contributed by atoms with Gasteiger partial charge in [-0.2, -0.15) is 0 Å². The van der Waals surface area contributed by atoms with Gasteiger partial charge in [-0.3, -0.25) is 9.59 Å². The van der Waals surface area contributed by atoms with Crippen molar-refractivity contribution < 1.29 is 33.6 Å². The number of aliphatic hydroxyl groups excluding tert-OH is 1. The molecule has 4 unspecified atom stereocenters. The highest BCUT2D eigenvalue weighted by molar-refractivity contribution is 5.88. The zero-order valence-corrected chi connectivity index (χ0v) is 36.8. The van der Waals surface area contributed by atoms with Crippen LogP contribution in [0.5, 0.6) is 0 Å². The van der Waals surface area contributed by atoms with Gasteiger partial charge in [0.2, 0.25) is 0 Å². The van der Waals surface area contributed by atoms with Gasteiger partial charge in [-0.05, 0) is 123 Å². The van der Waals surface area contributed by atoms with E-state index < -0.39 is 6.10 Å². The second kappa shape index (κ2) is 15.0. The van der Waals surface area contributed by atoms with Crippen molar-refractivity contribution in [2.24, 2.45) is 79.8 Å². The SMILES string of the molecule is COCO[C@@H]1C[C@@](C)(CC2CC2)C(=O)[C@H](C)C23CC[C@@H](C)[C@]1(C)C2[C@H](OC)CC3.CO[C@@H]1CCC23CC[C@@H](C)[C@](C)(C12)[C@H](O)C[C@@](C)(CC1CC1)C(=O)[C@@H]3C. The monoisotopic (exact) mass is 769 g/mol. The topological polar surface area (TPSA) is 91.3 Å². The average molecular weight is 769 g/mol. The molecule has 0 aliphatic heterocycles. The van der Waals surface area contributed by atoms with Crippen LogP contribution in [0.15, 0.2) is 0 Å². The Kier molecular flexibility index (Phi) is 11.5. The predicted octanol–water partition coefficient (Wildman–Crippen LogP) is 9.85. The number of rotatable bonds is 9. The molecule has 0 saturated heterocycles. The Morgan fingerprint density at radius 3 is 1.45 bits per heavy atom. The Morgan fingerprint density at radius 2 is 1.02 bits per heavy atom. The van der Waals surface area contributed by atoms with Crippen LogP contribution in [0.3, 0.4) is 0 Å². The van der Waals surface area contributed by atoms with Gasteiger partial charge in [0.1, 0.15) is 18.4 Å². The summed E-state index contributed by atoms with van der Waals surface area (Å²) in [6.07, 6.45) is 17.4. The van der Waals surface area contributed by atoms with Crippen LogP contribution in [-0.2, 0) is 28.5 Å². The fourth-order valence-corrected chi connectivity index (χ4v) is 15.7. The maximum atomic E-state index is 14.1. The van der Waals surface area contributed by atoms with E-state index in [2.05, 4.69) is 55.4 Å². The first-order valence-corrected chi connectivity index (χ1v) is 22.8. The highest BCUT2D eigenvalue weighted by atomic mass is 16.7. The van der Waals surface area contributed by atoms with Crippen LogP contribution < -0.4 is 0 Å². The Morgan fingerprint density at radius 1 is 0.600 bits per heavy atom. The molecule has 55 heavy (non-hydrogen) atoms. The summed E-state index contributed by atoms with van der Waals surface area (Å²) in [5, 5.41) is 11.6. The van der Waals surface area contributed by atoms with E-state index in [0.29, 0.717) is 54.4 Å². The first-order chi connectivity index (χ1) is 25.9. The van der Waals surface area contributed by atoms with Crippen LogP contribution in [0.4, 0.5) is 0 Å². The maximum absolute atomic E-state index is 14.1. The highest BCUT2D eigenvalue weighted by Gasteiger charge is 2.70. The summed E-state index contributed by atoms with van der Waals surface area (Å²) in [5.41, 5.74) is -0.741. The fourth-order valence-electron chi connectivity index (χ4n) is 15.7. The number of hydrogen-bond acceptors (Lipinski definition) is 7. The van der Waals surface area contributed by atoms with Gasteiger partial charge in [0.25, 0.3) is 0 Å². The molecule has 7 nitrogen and oxygen atoms in total. The van der Waals surface area contributed by atoms with Crippen LogP contribution in [0, 0.1) is 79.8 Å². The maximum Gasteiger partial charge on any atom is 0.146 e. The largest absolute Gasteiger partial charge is 0.393 e. The smallest absolute Gasteiger partial charge is 0.146 e. The Labute approximate surface area is 334 Å². The molecule has 16 atom stereocenters. The van der Waals surface area contributed by atoms with Gasteiger partial charge in [-0.1, -0.05) is 81.1 Å². The lowest BCUT2D eigenvalue weighted by molar-refractivity contribution is -0.220. The third-order valence-electron chi connectivity index (χ3n) is 19.6. The van der Waals surface area contributed by atoms with Gasteiger partial charge in [-0.15, -0.1) is 0 Å². The molecular weight excluding hydrogens is 689 g/mol. The second-order valence-electron chi connectivity index (χ2n) is 22.2. The van der Waals surface area contributed by atoms with Crippen molar-refractivity contribution in [1.82, 2.24) is 0 Å². The van der Waals surface area contributed by atoms with E-state index in [-0.39, 0.29) is 62.6 Å². The van der Waals surface area contributed by atoms with Crippen LogP contribution in [0.25, 0.3) is 0 Å². The second-order valence-corrected chi connectivity index (χ2v) is 22.2. The Hall–Kier alpha value is -0.860. The van der Waals surface area contributed by atoms with E-state index in [1.165, 1.54) is 32.1 Å². The molecule has 8 fully saturated rings. The Balaban J connectivity index is 0.000000170. The molecule has 8 aliphatic rings. The minimum Gasteiger partial charge on any atom is -0.393 e. The summed E-state index contributed by atoms with van der Waals surface area (Å²) in [4.78, 5) is 27.9. The normalized spacial score (nSPS) is 52.2. The fraction of sp³-hybridized carbons (Fsp3) is 0.958. The van der Waals surface area contributed by atoms with Crippen molar-refractivity contribution in [3.05, 3.63) is 0 Å². The molecule has 0 aromatic rings. The summed E-state index contributed by atoms with van der Waals surface area (Å²) in [7, 11) is 5.38. The highest BCUT2D eigenvalue weighted by Crippen LogP contribution is 2.71. The molecule has 0 spiro atoms. The van der Waals surface area contributed by atoms with Crippen molar-refractivity contribution in [1.29, 1.82) is 0 Å². The third-order valence-corrected chi connectivity index (χ3v) is 19.6. The predicted molar refractivity (Wildman–Crippen MR) is 216 cm³/mol. The van der Waals surface area contributed by atoms with Gasteiger partial charge in [-0.25, -0.2) is 0 Å². The van der Waals surface area contributed by atoms with E-state index >= 15 is 0 Å². The van der Waals surface area contributed by atoms with Crippen molar-refractivity contribution >= 4 is 11.6 Å². The Bertz CT molecular complexity index is 1420. The van der Waals surface area contributed by atoms with E-state index in [1.807, 2.05) is 14.2 Å². The molecule has 0 heterocycles. The molecule has 8 aliphatic carbocycles. The molecule has 7 heteroatoms. The summed E-state index contributed by atoms with van der Waals surface area (Å²) in [6, 6.07) is 0. The zero-order valence-electron chi connectivity index (χ0n) is 36.8. The molecule has 314 valence electrons. The van der Waals surface area contributed by atoms with Crippen LogP contribution in [0.1, 0.15) is 158 Å². The molecule has 4 bridgehead atoms. The van der Waals surface area contributed by atoms with Gasteiger partial charge < -0.3 is 24.1 Å². The van der Waals surface area contributed by atoms with E-state index in [1.54, 1.807) is 7.11 Å². The van der Waals surface area contributed by atoms with Crippen molar-refractivity contribution in [3.63, 3.8) is 0 Å². The molecule has 1 N–H and O–H groups in total. The van der Waals surface area contributed by atoms with E-state index in [4.69, 9.17) is 18.9 Å². The number of ether oxygens (including phenoxy) is 4. The number of carbonyl (C=O) groups is 2. The lowest BCUT2D eigenvalue weighted by atomic mass is 9.43. The molecule has 0 radical (unpaired) electrons. The third kappa shape index (κ3) is 6.60. The van der Waals surface area contributed by atoms with Gasteiger partial charge >= 0.3 is 0 Å². The molecule has 0 aromatic heterocycles. The first kappa shape index (κ1) is 42.3. The summed E-state index contributed by atoms with van der Waals surface area (Å²) < 4.78 is 23.9. The zero-order chi connectivity index (χ0) is 39.9. The molecule has 8 rings (SSSR count). The molecule has 0 aromatic carbocycles. The van der Waals surface area contributed by atoms with Gasteiger partial charge in [0, 0.05) is 54.8 Å². The summed E-state index contributed by atoms with van der Waals surface area (Å²) >= 11 is 0. The molecule has 0 amide bonds. The van der Waals surface area contributed by atoms with Crippen molar-refractivity contribution in [2.45, 2.75) is 183 Å². The van der Waals surface area contributed by atoms with E-state index in [0.717, 1.165) is 70.1 Å². The summed E-state index contributed by atoms with van der Waals surface area (Å²) in [5.74, 6) is 4.22. The van der Waals surface area contributed by atoms with Crippen LogP contribution in [0.2, 0.25) is 0 Å².